The van der Waals surface area contributed by atoms with Crippen LogP contribution in [0, 0.1) is 0 Å². The Kier molecular flexibility index (Phi) is 6.06. The van der Waals surface area contributed by atoms with E-state index in [0.717, 1.165) is 12.0 Å². The average molecular weight is 330 g/mol. The highest BCUT2D eigenvalue weighted by molar-refractivity contribution is 6.39. The molecule has 1 aromatic heterocycles. The Morgan fingerprint density at radius 3 is 2.62 bits per heavy atom. The highest BCUT2D eigenvalue weighted by atomic mass is 16.5. The molecule has 1 aromatic carbocycles. The molecule has 0 aliphatic heterocycles. The van der Waals surface area contributed by atoms with Crippen molar-refractivity contribution in [2.45, 2.75) is 39.5 Å². The lowest BCUT2D eigenvalue weighted by molar-refractivity contribution is -0.136. The summed E-state index contributed by atoms with van der Waals surface area (Å²) >= 11 is 0. The maximum absolute atomic E-state index is 11.9. The standard InChI is InChI=1S/C17H22N4O3/c1-4-12-7-5-6-8-13(12)19-17(23)16(22)18-10-9-14-20-15(11(2)3)21-24-14/h5-8,11H,4,9-10H2,1-3H3,(H,18,22)(H,19,23). The number of anilines is 1. The first kappa shape index (κ1) is 17.7. The first-order chi connectivity index (χ1) is 11.5. The lowest BCUT2D eigenvalue weighted by Gasteiger charge is -2.09. The molecule has 0 saturated heterocycles. The van der Waals surface area contributed by atoms with Crippen molar-refractivity contribution >= 4 is 17.5 Å². The molecule has 0 aliphatic carbocycles. The van der Waals surface area contributed by atoms with E-state index in [1.165, 1.54) is 0 Å². The number of amides is 2. The summed E-state index contributed by atoms with van der Waals surface area (Å²) in [6.07, 6.45) is 1.15. The fourth-order valence-corrected chi connectivity index (χ4v) is 2.10. The monoisotopic (exact) mass is 330 g/mol. The van der Waals surface area contributed by atoms with E-state index in [2.05, 4.69) is 20.8 Å². The van der Waals surface area contributed by atoms with E-state index in [-0.39, 0.29) is 12.5 Å². The van der Waals surface area contributed by atoms with Gasteiger partial charge in [0.15, 0.2) is 5.82 Å². The van der Waals surface area contributed by atoms with Crippen LogP contribution in [-0.2, 0) is 22.4 Å². The molecule has 0 aliphatic rings. The van der Waals surface area contributed by atoms with Crippen LogP contribution in [0.4, 0.5) is 5.69 Å². The number of aromatic nitrogens is 2. The molecule has 128 valence electrons. The predicted molar refractivity (Wildman–Crippen MR) is 89.6 cm³/mol. The van der Waals surface area contributed by atoms with Gasteiger partial charge >= 0.3 is 11.8 Å². The average Bonchev–Trinajstić information content (AvgIpc) is 3.04. The largest absolute Gasteiger partial charge is 0.347 e. The number of para-hydroxylation sites is 1. The minimum absolute atomic E-state index is 0.182. The number of hydrogen-bond acceptors (Lipinski definition) is 5. The molecule has 24 heavy (non-hydrogen) atoms. The van der Waals surface area contributed by atoms with Gasteiger partial charge in [-0.25, -0.2) is 0 Å². The molecule has 0 saturated carbocycles. The molecule has 0 radical (unpaired) electrons. The van der Waals surface area contributed by atoms with Crippen LogP contribution in [0.15, 0.2) is 28.8 Å². The maximum Gasteiger partial charge on any atom is 0.313 e. The first-order valence-electron chi connectivity index (χ1n) is 8.00. The zero-order chi connectivity index (χ0) is 17.5. The van der Waals surface area contributed by atoms with E-state index in [9.17, 15) is 9.59 Å². The summed E-state index contributed by atoms with van der Waals surface area (Å²) < 4.78 is 5.08. The molecule has 0 bridgehead atoms. The van der Waals surface area contributed by atoms with Crippen molar-refractivity contribution in [1.29, 1.82) is 0 Å². The summed E-state index contributed by atoms with van der Waals surface area (Å²) in [7, 11) is 0. The Morgan fingerprint density at radius 1 is 1.21 bits per heavy atom. The molecule has 2 rings (SSSR count). The summed E-state index contributed by atoms with van der Waals surface area (Å²) in [6, 6.07) is 7.39. The Morgan fingerprint density at radius 2 is 1.96 bits per heavy atom. The van der Waals surface area contributed by atoms with Crippen LogP contribution in [0.25, 0.3) is 0 Å². The molecule has 0 fully saturated rings. The van der Waals surface area contributed by atoms with E-state index in [1.807, 2.05) is 39.0 Å². The number of benzene rings is 1. The quantitative estimate of drug-likeness (QED) is 0.790. The van der Waals surface area contributed by atoms with Crippen molar-refractivity contribution in [3.05, 3.63) is 41.5 Å². The van der Waals surface area contributed by atoms with Crippen LogP contribution in [-0.4, -0.2) is 28.5 Å². The lowest BCUT2D eigenvalue weighted by atomic mass is 10.1. The Bertz CT molecular complexity index is 709. The van der Waals surface area contributed by atoms with E-state index < -0.39 is 11.8 Å². The molecule has 2 N–H and O–H groups in total. The number of carbonyl (C=O) groups excluding carboxylic acids is 2. The highest BCUT2D eigenvalue weighted by Gasteiger charge is 2.15. The number of nitrogens with one attached hydrogen (secondary N) is 2. The third-order valence-corrected chi connectivity index (χ3v) is 3.48. The van der Waals surface area contributed by atoms with Crippen molar-refractivity contribution in [2.75, 3.05) is 11.9 Å². The number of carbonyl (C=O) groups is 2. The fourth-order valence-electron chi connectivity index (χ4n) is 2.10. The fraction of sp³-hybridized carbons (Fsp3) is 0.412. The van der Waals surface area contributed by atoms with Gasteiger partial charge < -0.3 is 15.2 Å². The van der Waals surface area contributed by atoms with E-state index in [0.29, 0.717) is 23.8 Å². The van der Waals surface area contributed by atoms with Gasteiger partial charge in [-0.2, -0.15) is 4.98 Å². The maximum atomic E-state index is 11.9. The molecule has 0 unspecified atom stereocenters. The SMILES string of the molecule is CCc1ccccc1NC(=O)C(=O)NCCc1nc(C(C)C)no1. The summed E-state index contributed by atoms with van der Waals surface area (Å²) in [5.41, 5.74) is 1.63. The summed E-state index contributed by atoms with van der Waals surface area (Å²) in [4.78, 5) is 28.0. The predicted octanol–water partition coefficient (Wildman–Crippen LogP) is 2.05. The van der Waals surface area contributed by atoms with Crippen LogP contribution < -0.4 is 10.6 Å². The van der Waals surface area contributed by atoms with Crippen molar-refractivity contribution in [3.8, 4) is 0 Å². The second kappa shape index (κ2) is 8.24. The molecular weight excluding hydrogens is 308 g/mol. The minimum Gasteiger partial charge on any atom is -0.347 e. The Hall–Kier alpha value is -2.70. The van der Waals surface area contributed by atoms with Crippen molar-refractivity contribution in [1.82, 2.24) is 15.5 Å². The van der Waals surface area contributed by atoms with Crippen LogP contribution in [0.2, 0.25) is 0 Å². The van der Waals surface area contributed by atoms with Crippen molar-refractivity contribution in [3.63, 3.8) is 0 Å². The summed E-state index contributed by atoms with van der Waals surface area (Å²) in [6.45, 7) is 6.17. The van der Waals surface area contributed by atoms with Crippen LogP contribution in [0.1, 0.15) is 44.0 Å². The van der Waals surface area contributed by atoms with Crippen molar-refractivity contribution < 1.29 is 14.1 Å². The normalized spacial score (nSPS) is 10.7. The Labute approximate surface area is 140 Å². The van der Waals surface area contributed by atoms with E-state index in [4.69, 9.17) is 4.52 Å². The van der Waals surface area contributed by atoms with Gasteiger partial charge in [0.05, 0.1) is 0 Å². The molecule has 1 heterocycles. The van der Waals surface area contributed by atoms with E-state index >= 15 is 0 Å². The van der Waals surface area contributed by atoms with Gasteiger partial charge in [0.1, 0.15) is 0 Å². The highest BCUT2D eigenvalue weighted by Crippen LogP contribution is 2.15. The number of hydrogen-bond donors (Lipinski definition) is 2. The Balaban J connectivity index is 1.82. The van der Waals surface area contributed by atoms with Gasteiger partial charge in [-0.15, -0.1) is 0 Å². The van der Waals surface area contributed by atoms with Gasteiger partial charge in [0.25, 0.3) is 0 Å². The second-order valence-electron chi connectivity index (χ2n) is 5.67. The lowest BCUT2D eigenvalue weighted by Crippen LogP contribution is -2.36. The van der Waals surface area contributed by atoms with Crippen LogP contribution in [0.3, 0.4) is 0 Å². The number of aryl methyl sites for hydroxylation is 1. The molecule has 7 nitrogen and oxygen atoms in total. The van der Waals surface area contributed by atoms with E-state index in [1.54, 1.807) is 6.07 Å². The molecule has 2 aromatic rings. The minimum atomic E-state index is -0.690. The third kappa shape index (κ3) is 4.65. The number of rotatable bonds is 6. The third-order valence-electron chi connectivity index (χ3n) is 3.48. The van der Waals surface area contributed by atoms with Gasteiger partial charge in [0.2, 0.25) is 5.89 Å². The van der Waals surface area contributed by atoms with Gasteiger partial charge in [-0.05, 0) is 18.1 Å². The summed E-state index contributed by atoms with van der Waals surface area (Å²) in [5, 5.41) is 9.02. The van der Waals surface area contributed by atoms with Crippen LogP contribution in [0.5, 0.6) is 0 Å². The zero-order valence-corrected chi connectivity index (χ0v) is 14.1. The molecular formula is C17H22N4O3. The topological polar surface area (TPSA) is 97.1 Å². The smallest absolute Gasteiger partial charge is 0.313 e. The second-order valence-corrected chi connectivity index (χ2v) is 5.67. The zero-order valence-electron chi connectivity index (χ0n) is 14.1. The molecule has 0 atom stereocenters. The van der Waals surface area contributed by atoms with Crippen molar-refractivity contribution in [2.24, 2.45) is 0 Å². The molecule has 0 spiro atoms. The van der Waals surface area contributed by atoms with Gasteiger partial charge in [-0.1, -0.05) is 44.1 Å². The van der Waals surface area contributed by atoms with Crippen LogP contribution >= 0.6 is 0 Å². The number of nitrogens with zero attached hydrogens (tertiary/aromatic N) is 2. The van der Waals surface area contributed by atoms with Gasteiger partial charge in [-0.3, -0.25) is 9.59 Å². The molecule has 7 heteroatoms. The molecule has 2 amide bonds. The van der Waals surface area contributed by atoms with Gasteiger partial charge in [0, 0.05) is 24.6 Å². The summed E-state index contributed by atoms with van der Waals surface area (Å²) in [5.74, 6) is -0.128. The first-order valence-corrected chi connectivity index (χ1v) is 8.00.